The van der Waals surface area contributed by atoms with Crippen molar-refractivity contribution in [3.05, 3.63) is 80.5 Å². The normalized spacial score (nSPS) is 15.2. The summed E-state index contributed by atoms with van der Waals surface area (Å²) >= 11 is 12.4. The van der Waals surface area contributed by atoms with E-state index in [0.29, 0.717) is 30.9 Å². The molecule has 1 N–H and O–H groups in total. The van der Waals surface area contributed by atoms with Gasteiger partial charge in [-0.25, -0.2) is 4.79 Å². The van der Waals surface area contributed by atoms with Crippen LogP contribution in [0.25, 0.3) is 17.0 Å². The van der Waals surface area contributed by atoms with E-state index in [0.717, 1.165) is 17.3 Å². The van der Waals surface area contributed by atoms with Gasteiger partial charge in [-0.1, -0.05) is 47.7 Å². The molecule has 1 aromatic heterocycles. The smallest absolute Gasteiger partial charge is 0.336 e. The Morgan fingerprint density at radius 1 is 1.17 bits per heavy atom. The lowest BCUT2D eigenvalue weighted by Gasteiger charge is -2.14. The average molecular weight is 457 g/mol. The van der Waals surface area contributed by atoms with E-state index in [1.54, 1.807) is 48.5 Å². The van der Waals surface area contributed by atoms with Crippen LogP contribution in [-0.2, 0) is 9.59 Å². The maximum Gasteiger partial charge on any atom is 0.336 e. The van der Waals surface area contributed by atoms with E-state index in [1.807, 2.05) is 6.07 Å². The fourth-order valence-electron chi connectivity index (χ4n) is 2.88. The van der Waals surface area contributed by atoms with E-state index >= 15 is 0 Å². The number of carbonyl (C=O) groups excluding carboxylic acids is 2. The van der Waals surface area contributed by atoms with Gasteiger partial charge in [0.25, 0.3) is 5.91 Å². The van der Waals surface area contributed by atoms with Gasteiger partial charge in [0.05, 0.1) is 4.91 Å². The van der Waals surface area contributed by atoms with Crippen molar-refractivity contribution >= 4 is 74.4 Å². The van der Waals surface area contributed by atoms with E-state index < -0.39 is 11.5 Å². The summed E-state index contributed by atoms with van der Waals surface area (Å²) < 4.78 is 5.38. The second-order valence-corrected chi connectivity index (χ2v) is 8.49. The first-order valence-electron chi connectivity index (χ1n) is 8.74. The second-order valence-electron chi connectivity index (χ2n) is 6.38. The largest absolute Gasteiger partial charge is 0.423 e. The summed E-state index contributed by atoms with van der Waals surface area (Å²) in [5.74, 6) is -0.729. The molecule has 1 aliphatic heterocycles. The zero-order valence-electron chi connectivity index (χ0n) is 15.3. The molecule has 0 unspecified atom stereocenters. The minimum atomic E-state index is -0.445. The predicted molar refractivity (Wildman–Crippen MR) is 122 cm³/mol. The Hall–Kier alpha value is -2.94. The Bertz CT molecular complexity index is 1290. The van der Waals surface area contributed by atoms with Crippen LogP contribution in [0.3, 0.4) is 0 Å². The third kappa shape index (κ3) is 4.46. The molecule has 2 aromatic carbocycles. The molecule has 0 saturated carbocycles. The van der Waals surface area contributed by atoms with Crippen molar-refractivity contribution in [2.24, 2.45) is 0 Å². The Morgan fingerprint density at radius 2 is 2.00 bits per heavy atom. The van der Waals surface area contributed by atoms with E-state index in [4.69, 9.17) is 28.2 Å². The first-order chi connectivity index (χ1) is 14.4. The molecule has 0 aliphatic carbocycles. The third-order valence-electron chi connectivity index (χ3n) is 4.22. The number of rotatable bonds is 4. The molecule has 150 valence electrons. The number of thioether (sulfide) groups is 1. The maximum absolute atomic E-state index is 12.7. The number of benzene rings is 2. The summed E-state index contributed by atoms with van der Waals surface area (Å²) in [5.41, 5.74) is 1.26. The number of fused-ring (bicyclic) bond motifs is 1. The van der Waals surface area contributed by atoms with Crippen molar-refractivity contribution < 1.29 is 14.0 Å². The second kappa shape index (κ2) is 8.43. The first-order valence-corrected chi connectivity index (χ1v) is 10.3. The number of thiocarbonyl (C=S) groups is 1. The van der Waals surface area contributed by atoms with E-state index in [9.17, 15) is 14.4 Å². The lowest BCUT2D eigenvalue weighted by atomic mass is 10.2. The molecule has 0 radical (unpaired) electrons. The van der Waals surface area contributed by atoms with Crippen LogP contribution in [0.2, 0.25) is 5.02 Å². The van der Waals surface area contributed by atoms with E-state index in [2.05, 4.69) is 5.32 Å². The standard InChI is InChI=1S/C21H13ClN2O4S2/c22-14-3-1-2-12(8-14)9-17-20(27)24(21(29)30-17)11-18(25)23-15-5-6-16-13(10-15)4-7-19(26)28-16/h1-10H,11H2,(H,23,25). The molecule has 3 aromatic rings. The van der Waals surface area contributed by atoms with Crippen molar-refractivity contribution in [1.82, 2.24) is 4.90 Å². The monoisotopic (exact) mass is 456 g/mol. The fourth-order valence-corrected chi connectivity index (χ4v) is 4.33. The van der Waals surface area contributed by atoms with Crippen LogP contribution >= 0.6 is 35.6 Å². The Morgan fingerprint density at radius 3 is 2.80 bits per heavy atom. The molecule has 30 heavy (non-hydrogen) atoms. The van der Waals surface area contributed by atoms with Gasteiger partial charge in [-0.15, -0.1) is 0 Å². The van der Waals surface area contributed by atoms with Crippen molar-refractivity contribution in [2.75, 3.05) is 11.9 Å². The topological polar surface area (TPSA) is 79.6 Å². The summed E-state index contributed by atoms with van der Waals surface area (Å²) in [6, 6.07) is 14.9. The molecule has 1 aliphatic rings. The van der Waals surface area contributed by atoms with Gasteiger partial charge in [0.2, 0.25) is 5.91 Å². The fraction of sp³-hybridized carbons (Fsp3) is 0.0476. The van der Waals surface area contributed by atoms with Crippen molar-refractivity contribution in [3.63, 3.8) is 0 Å². The maximum atomic E-state index is 12.7. The Labute approximate surface area is 185 Å². The summed E-state index contributed by atoms with van der Waals surface area (Å²) in [7, 11) is 0. The Kier molecular flexibility index (Phi) is 5.72. The highest BCUT2D eigenvalue weighted by Crippen LogP contribution is 2.32. The first kappa shape index (κ1) is 20.3. The molecule has 6 nitrogen and oxygen atoms in total. The minimum Gasteiger partial charge on any atom is -0.423 e. The number of carbonyl (C=O) groups is 2. The summed E-state index contributed by atoms with van der Waals surface area (Å²) in [5, 5.41) is 3.96. The van der Waals surface area contributed by atoms with Gasteiger partial charge in [-0.05, 0) is 48.0 Å². The van der Waals surface area contributed by atoms with Gasteiger partial charge >= 0.3 is 5.63 Å². The number of halogens is 1. The minimum absolute atomic E-state index is 0.209. The third-order valence-corrected chi connectivity index (χ3v) is 5.84. The highest BCUT2D eigenvalue weighted by molar-refractivity contribution is 8.26. The molecular formula is C21H13ClN2O4S2. The number of anilines is 1. The average Bonchev–Trinajstić information content (AvgIpc) is 2.95. The van der Waals surface area contributed by atoms with Gasteiger partial charge in [0.15, 0.2) is 0 Å². The van der Waals surface area contributed by atoms with Crippen LogP contribution < -0.4 is 10.9 Å². The van der Waals surface area contributed by atoms with E-state index in [1.165, 1.54) is 11.0 Å². The van der Waals surface area contributed by atoms with Gasteiger partial charge < -0.3 is 9.73 Å². The summed E-state index contributed by atoms with van der Waals surface area (Å²) in [6.07, 6.45) is 1.69. The highest BCUT2D eigenvalue weighted by atomic mass is 35.5. The number of nitrogens with zero attached hydrogens (tertiary/aromatic N) is 1. The van der Waals surface area contributed by atoms with Crippen molar-refractivity contribution in [1.29, 1.82) is 0 Å². The lowest BCUT2D eigenvalue weighted by molar-refractivity contribution is -0.126. The summed E-state index contributed by atoms with van der Waals surface area (Å²) in [6.45, 7) is -0.209. The SMILES string of the molecule is O=C(CN1C(=O)C(=Cc2cccc(Cl)c2)SC1=S)Nc1ccc2oc(=O)ccc2c1. The highest BCUT2D eigenvalue weighted by Gasteiger charge is 2.33. The molecule has 0 atom stereocenters. The number of amides is 2. The molecule has 2 amide bonds. The zero-order valence-corrected chi connectivity index (χ0v) is 17.6. The van der Waals surface area contributed by atoms with Crippen LogP contribution in [0.1, 0.15) is 5.56 Å². The van der Waals surface area contributed by atoms with Gasteiger partial charge in [-0.3, -0.25) is 14.5 Å². The van der Waals surface area contributed by atoms with Gasteiger partial charge in [-0.2, -0.15) is 0 Å². The molecule has 9 heteroatoms. The number of hydrogen-bond donors (Lipinski definition) is 1. The van der Waals surface area contributed by atoms with Crippen LogP contribution in [0, 0.1) is 0 Å². The van der Waals surface area contributed by atoms with E-state index in [-0.39, 0.29) is 12.5 Å². The van der Waals surface area contributed by atoms with Crippen molar-refractivity contribution in [2.45, 2.75) is 0 Å². The molecule has 2 heterocycles. The van der Waals surface area contributed by atoms with Crippen LogP contribution in [0.15, 0.2) is 68.7 Å². The van der Waals surface area contributed by atoms with Crippen molar-refractivity contribution in [3.8, 4) is 0 Å². The zero-order chi connectivity index (χ0) is 21.3. The van der Waals surface area contributed by atoms with Crippen LogP contribution in [-0.4, -0.2) is 27.6 Å². The lowest BCUT2D eigenvalue weighted by Crippen LogP contribution is -2.36. The number of nitrogens with one attached hydrogen (secondary N) is 1. The molecule has 0 bridgehead atoms. The molecule has 1 saturated heterocycles. The Balaban J connectivity index is 1.46. The molecule has 1 fully saturated rings. The molecular weight excluding hydrogens is 444 g/mol. The number of hydrogen-bond acceptors (Lipinski definition) is 6. The predicted octanol–water partition coefficient (Wildman–Crippen LogP) is 4.29. The molecule has 0 spiro atoms. The van der Waals surface area contributed by atoms with Crippen LogP contribution in [0.5, 0.6) is 0 Å². The van der Waals surface area contributed by atoms with Crippen LogP contribution in [0.4, 0.5) is 5.69 Å². The molecule has 4 rings (SSSR count). The van der Waals surface area contributed by atoms with Gasteiger partial charge in [0, 0.05) is 22.2 Å². The van der Waals surface area contributed by atoms with Gasteiger partial charge in [0.1, 0.15) is 16.4 Å². The summed E-state index contributed by atoms with van der Waals surface area (Å²) in [4.78, 5) is 38.1. The quantitative estimate of drug-likeness (QED) is 0.358.